The summed E-state index contributed by atoms with van der Waals surface area (Å²) in [5, 5.41) is 30.3. The number of aromatic nitrogens is 4. The molecule has 0 unspecified atom stereocenters. The molecule has 31 heavy (non-hydrogen) atoms. The average molecular weight is 433 g/mol. The van der Waals surface area contributed by atoms with E-state index in [-0.39, 0.29) is 17.0 Å². The van der Waals surface area contributed by atoms with Crippen molar-refractivity contribution in [2.75, 3.05) is 12.1 Å². The third kappa shape index (κ3) is 3.75. The minimum atomic E-state index is -2.26. The van der Waals surface area contributed by atoms with E-state index in [2.05, 4.69) is 25.3 Å². The van der Waals surface area contributed by atoms with Crippen molar-refractivity contribution in [2.24, 2.45) is 0 Å². The van der Waals surface area contributed by atoms with Crippen molar-refractivity contribution in [3.8, 4) is 5.75 Å². The van der Waals surface area contributed by atoms with Crippen molar-refractivity contribution in [1.82, 2.24) is 19.5 Å². The van der Waals surface area contributed by atoms with Crippen molar-refractivity contribution in [2.45, 2.75) is 31.1 Å². The Bertz CT molecular complexity index is 1060. The van der Waals surface area contributed by atoms with E-state index >= 15 is 0 Å². The molecule has 0 spiro atoms. The molecule has 4 N–H and O–H groups in total. The number of rotatable bonds is 7. The molecule has 13 nitrogen and oxygen atoms in total. The Balaban J connectivity index is 1.72. The number of aliphatic hydroxyl groups is 3. The average Bonchev–Trinajstić information content (AvgIpc) is 3.32. The zero-order chi connectivity index (χ0) is 22.0. The highest BCUT2D eigenvalue weighted by Crippen LogP contribution is 2.39. The van der Waals surface area contributed by atoms with Crippen molar-refractivity contribution in [3.05, 3.63) is 43.0 Å². The number of benzene rings is 1. The van der Waals surface area contributed by atoms with Crippen molar-refractivity contribution in [1.29, 1.82) is 0 Å². The number of nitrogens with zero attached hydrogens (tertiary/aromatic N) is 4. The lowest BCUT2D eigenvalue weighted by molar-refractivity contribution is -0.450. The fraction of sp³-hybridized carbons (Fsp3) is 0.333. The molecule has 0 radical (unpaired) electrons. The Kier molecular flexibility index (Phi) is 5.67. The van der Waals surface area contributed by atoms with Crippen LogP contribution in [0.1, 0.15) is 6.92 Å². The van der Waals surface area contributed by atoms with Gasteiger partial charge < -0.3 is 24.9 Å². The number of imidazole rings is 1. The van der Waals surface area contributed by atoms with Gasteiger partial charge in [-0.15, -0.1) is 4.89 Å². The second kappa shape index (κ2) is 8.41. The first-order chi connectivity index (χ1) is 15.0. The normalized spacial score (nSPS) is 25.5. The van der Waals surface area contributed by atoms with Gasteiger partial charge in [0.2, 0.25) is 0 Å². The number of hydrogen-bond acceptors (Lipinski definition) is 12. The molecule has 0 aliphatic carbocycles. The maximum atomic E-state index is 11.3. The molecular weight excluding hydrogens is 414 g/mol. The largest absolute Gasteiger partial charge is 0.394 e. The molecule has 0 amide bonds. The molecule has 2 aromatic heterocycles. The molecule has 4 atom stereocenters. The number of nitrogens with one attached hydrogen (secondary N) is 1. The molecule has 3 aromatic rings. The maximum Gasteiger partial charge on any atom is 0.339 e. The lowest BCUT2D eigenvalue weighted by Crippen LogP contribution is -2.48. The Labute approximate surface area is 174 Å². The molecule has 0 bridgehead atoms. The molecule has 1 aromatic carbocycles. The summed E-state index contributed by atoms with van der Waals surface area (Å²) in [7, 11) is 0. The SMILES string of the molecule is CC(=O)OO[C@@]1(n2cnc3c(NOc4ccccc4)ncnc32)O[C@H](CO)[C@@H](O)[C@H]1O. The molecule has 164 valence electrons. The van der Waals surface area contributed by atoms with E-state index < -0.39 is 36.8 Å². The van der Waals surface area contributed by atoms with Crippen molar-refractivity contribution < 1.29 is 39.5 Å². The summed E-state index contributed by atoms with van der Waals surface area (Å²) >= 11 is 0. The van der Waals surface area contributed by atoms with E-state index in [1.54, 1.807) is 24.3 Å². The summed E-state index contributed by atoms with van der Waals surface area (Å²) in [6, 6.07) is 8.87. The summed E-state index contributed by atoms with van der Waals surface area (Å²) < 4.78 is 6.67. The lowest BCUT2D eigenvalue weighted by Gasteiger charge is -2.30. The van der Waals surface area contributed by atoms with Crippen LogP contribution in [0.3, 0.4) is 0 Å². The van der Waals surface area contributed by atoms with E-state index in [9.17, 15) is 20.1 Å². The number of aliphatic hydroxyl groups excluding tert-OH is 3. The van der Waals surface area contributed by atoms with E-state index in [0.29, 0.717) is 5.75 Å². The highest BCUT2D eigenvalue weighted by molar-refractivity contribution is 5.82. The topological polar surface area (TPSA) is 170 Å². The minimum absolute atomic E-state index is 0.0890. The van der Waals surface area contributed by atoms with Crippen LogP contribution >= 0.6 is 0 Å². The van der Waals surface area contributed by atoms with Gasteiger partial charge in [0.25, 0.3) is 0 Å². The fourth-order valence-electron chi connectivity index (χ4n) is 3.08. The quantitative estimate of drug-likeness (QED) is 0.277. The lowest BCUT2D eigenvalue weighted by atomic mass is 10.1. The first-order valence-corrected chi connectivity index (χ1v) is 9.13. The number of fused-ring (bicyclic) bond motifs is 1. The van der Waals surface area contributed by atoms with Crippen LogP contribution < -0.4 is 10.3 Å². The minimum Gasteiger partial charge on any atom is -0.394 e. The monoisotopic (exact) mass is 433 g/mol. The van der Waals surface area contributed by atoms with Gasteiger partial charge in [-0.2, -0.15) is 0 Å². The fourth-order valence-corrected chi connectivity index (χ4v) is 3.08. The number of hydrogen-bond donors (Lipinski definition) is 4. The molecule has 0 saturated carbocycles. The summed E-state index contributed by atoms with van der Waals surface area (Å²) in [4.78, 5) is 38.9. The Morgan fingerprint density at radius 1 is 1.26 bits per heavy atom. The van der Waals surface area contributed by atoms with Gasteiger partial charge >= 0.3 is 11.9 Å². The zero-order valence-corrected chi connectivity index (χ0v) is 16.2. The molecular formula is C18H19N5O8. The van der Waals surface area contributed by atoms with Gasteiger partial charge in [0.1, 0.15) is 24.9 Å². The molecule has 13 heteroatoms. The van der Waals surface area contributed by atoms with Gasteiger partial charge in [0.05, 0.1) is 6.61 Å². The summed E-state index contributed by atoms with van der Waals surface area (Å²) in [6.45, 7) is 0.439. The van der Waals surface area contributed by atoms with Crippen LogP contribution in [0.15, 0.2) is 43.0 Å². The first-order valence-electron chi connectivity index (χ1n) is 9.13. The number of carbonyl (C=O) groups is 1. The van der Waals surface area contributed by atoms with Crippen LogP contribution in [0.4, 0.5) is 5.82 Å². The standard InChI is InChI=1S/C18H19N5O8/c1-10(25)30-31-18(15(27)14(26)12(7-24)28-18)23-9-21-13-16(19-8-20-17(13)23)22-29-11-5-3-2-4-6-11/h2-6,8-9,12,14-15,24,26-27H,7H2,1H3,(H,19,20,22)/t12-,14-,15-,18+/m1/s1. The molecule has 1 saturated heterocycles. The molecule has 1 aliphatic rings. The van der Waals surface area contributed by atoms with Gasteiger partial charge in [-0.1, -0.05) is 18.2 Å². The van der Waals surface area contributed by atoms with Crippen LogP contribution in [0.25, 0.3) is 11.2 Å². The second-order valence-electron chi connectivity index (χ2n) is 6.59. The highest BCUT2D eigenvalue weighted by Gasteiger charge is 2.59. The molecule has 1 aliphatic heterocycles. The number of carbonyl (C=O) groups excluding carboxylic acids is 1. The third-order valence-corrected chi connectivity index (χ3v) is 4.53. The van der Waals surface area contributed by atoms with Gasteiger partial charge in [0, 0.05) is 6.92 Å². The van der Waals surface area contributed by atoms with E-state index in [1.165, 1.54) is 12.7 Å². The zero-order valence-electron chi connectivity index (χ0n) is 16.2. The van der Waals surface area contributed by atoms with E-state index in [0.717, 1.165) is 11.5 Å². The van der Waals surface area contributed by atoms with Gasteiger partial charge in [-0.25, -0.2) is 25.2 Å². The predicted octanol–water partition coefficient (Wildman–Crippen LogP) is -0.550. The maximum absolute atomic E-state index is 11.3. The Hall–Kier alpha value is -3.36. The predicted molar refractivity (Wildman–Crippen MR) is 101 cm³/mol. The van der Waals surface area contributed by atoms with E-state index in [1.807, 2.05) is 6.07 Å². The number of anilines is 1. The van der Waals surface area contributed by atoms with Crippen LogP contribution in [-0.2, 0) is 25.2 Å². The Morgan fingerprint density at radius 2 is 2.03 bits per heavy atom. The summed E-state index contributed by atoms with van der Waals surface area (Å²) in [5.41, 5.74) is 2.95. The molecule has 1 fully saturated rings. The van der Waals surface area contributed by atoms with Crippen LogP contribution in [0, 0.1) is 0 Å². The van der Waals surface area contributed by atoms with Crippen LogP contribution in [-0.4, -0.2) is 65.7 Å². The van der Waals surface area contributed by atoms with Gasteiger partial charge in [0.15, 0.2) is 28.8 Å². The first kappa shape index (κ1) is 20.9. The van der Waals surface area contributed by atoms with E-state index in [4.69, 9.17) is 14.5 Å². The van der Waals surface area contributed by atoms with Gasteiger partial charge in [-0.05, 0) is 12.1 Å². The van der Waals surface area contributed by atoms with Crippen LogP contribution in [0.5, 0.6) is 5.75 Å². The number of para-hydroxylation sites is 1. The van der Waals surface area contributed by atoms with Crippen LogP contribution in [0.2, 0.25) is 0 Å². The molecule has 4 rings (SSSR count). The van der Waals surface area contributed by atoms with Crippen molar-refractivity contribution >= 4 is 23.0 Å². The third-order valence-electron chi connectivity index (χ3n) is 4.53. The van der Waals surface area contributed by atoms with Crippen molar-refractivity contribution in [3.63, 3.8) is 0 Å². The molecule has 3 heterocycles. The number of ether oxygens (including phenoxy) is 1. The summed E-state index contributed by atoms with van der Waals surface area (Å²) in [6.07, 6.45) is -2.18. The smallest absolute Gasteiger partial charge is 0.339 e. The highest BCUT2D eigenvalue weighted by atomic mass is 17.2. The summed E-state index contributed by atoms with van der Waals surface area (Å²) in [5.74, 6) is -2.40. The van der Waals surface area contributed by atoms with Gasteiger partial charge in [-0.3, -0.25) is 9.45 Å². The second-order valence-corrected chi connectivity index (χ2v) is 6.59. The Morgan fingerprint density at radius 3 is 2.71 bits per heavy atom.